The third-order valence-corrected chi connectivity index (χ3v) is 2.99. The van der Waals surface area contributed by atoms with E-state index in [9.17, 15) is 9.59 Å². The van der Waals surface area contributed by atoms with E-state index in [2.05, 4.69) is 5.32 Å². The fourth-order valence-corrected chi connectivity index (χ4v) is 1.97. The van der Waals surface area contributed by atoms with Gasteiger partial charge < -0.3 is 14.8 Å². The topological polar surface area (TPSA) is 79.5 Å². The molecule has 0 aliphatic heterocycles. The summed E-state index contributed by atoms with van der Waals surface area (Å²) in [6.07, 6.45) is 1.26. The Bertz CT molecular complexity index is 603. The fraction of sp³-hybridized carbons (Fsp3) is 0.200. The molecule has 0 saturated carbocycles. The summed E-state index contributed by atoms with van der Waals surface area (Å²) in [5, 5.41) is 11.7. The predicted molar refractivity (Wildman–Crippen MR) is 72.3 cm³/mol. The molecule has 0 bridgehead atoms. The van der Waals surface area contributed by atoms with Crippen LogP contribution in [0.25, 0.3) is 0 Å². The first-order valence-corrected chi connectivity index (χ1v) is 6.19. The van der Waals surface area contributed by atoms with Crippen molar-refractivity contribution < 1.29 is 19.1 Å². The summed E-state index contributed by atoms with van der Waals surface area (Å²) in [7, 11) is 0. The Balaban J connectivity index is 2.18. The number of rotatable bonds is 5. The van der Waals surface area contributed by atoms with Crippen LogP contribution in [0.4, 0.5) is 0 Å². The maximum absolute atomic E-state index is 12.1. The number of nitrogens with one attached hydrogen (secondary N) is 1. The monoisotopic (exact) mass is 273 g/mol. The van der Waals surface area contributed by atoms with Crippen molar-refractivity contribution in [1.82, 2.24) is 5.32 Å². The molecule has 104 valence electrons. The molecule has 1 aromatic heterocycles. The molecule has 0 saturated heterocycles. The molecule has 0 radical (unpaired) electrons. The van der Waals surface area contributed by atoms with Crippen LogP contribution in [0.15, 0.2) is 47.1 Å². The number of carboxylic acid groups (broad SMARTS) is 1. The van der Waals surface area contributed by atoms with E-state index in [4.69, 9.17) is 9.52 Å². The second-order valence-electron chi connectivity index (χ2n) is 4.43. The molecule has 0 fully saturated rings. The van der Waals surface area contributed by atoms with Crippen LogP contribution in [0.1, 0.15) is 34.1 Å². The van der Waals surface area contributed by atoms with Gasteiger partial charge in [0.15, 0.2) is 0 Å². The van der Waals surface area contributed by atoms with Gasteiger partial charge in [0.25, 0.3) is 5.91 Å². The molecular weight excluding hydrogens is 258 g/mol. The van der Waals surface area contributed by atoms with Gasteiger partial charge in [-0.2, -0.15) is 0 Å². The van der Waals surface area contributed by atoms with Gasteiger partial charge in [-0.25, -0.2) is 0 Å². The lowest BCUT2D eigenvalue weighted by Gasteiger charge is -2.17. The van der Waals surface area contributed by atoms with Gasteiger partial charge in [0.05, 0.1) is 24.3 Å². The molecule has 1 heterocycles. The SMILES string of the molecule is Cc1occc1C(=O)N[C@@H](CC(=O)O)c1ccccc1. The number of amides is 1. The predicted octanol–water partition coefficient (Wildman–Crippen LogP) is 2.53. The molecule has 0 aliphatic carbocycles. The Labute approximate surface area is 116 Å². The molecule has 20 heavy (non-hydrogen) atoms. The average Bonchev–Trinajstić information content (AvgIpc) is 2.85. The number of aryl methyl sites for hydroxylation is 1. The van der Waals surface area contributed by atoms with E-state index in [1.807, 2.05) is 6.07 Å². The quantitative estimate of drug-likeness (QED) is 0.877. The van der Waals surface area contributed by atoms with Crippen LogP contribution < -0.4 is 5.32 Å². The van der Waals surface area contributed by atoms with Gasteiger partial charge in [-0.1, -0.05) is 30.3 Å². The molecule has 1 aromatic carbocycles. The maximum atomic E-state index is 12.1. The van der Waals surface area contributed by atoms with Crippen LogP contribution >= 0.6 is 0 Å². The normalized spacial score (nSPS) is 11.8. The fourth-order valence-electron chi connectivity index (χ4n) is 1.97. The van der Waals surface area contributed by atoms with Crippen LogP contribution in [-0.4, -0.2) is 17.0 Å². The lowest BCUT2D eigenvalue weighted by atomic mass is 10.0. The number of furan rings is 1. The second-order valence-corrected chi connectivity index (χ2v) is 4.43. The van der Waals surface area contributed by atoms with Crippen LogP contribution in [0, 0.1) is 6.92 Å². The van der Waals surface area contributed by atoms with Gasteiger partial charge in [-0.3, -0.25) is 9.59 Å². The summed E-state index contributed by atoms with van der Waals surface area (Å²) in [6, 6.07) is 10.0. The number of aliphatic carboxylic acids is 1. The molecular formula is C15H15NO4. The molecule has 1 atom stereocenters. The van der Waals surface area contributed by atoms with Gasteiger partial charge in [0.2, 0.25) is 0 Å². The van der Waals surface area contributed by atoms with E-state index in [0.717, 1.165) is 5.56 Å². The van der Waals surface area contributed by atoms with E-state index in [-0.39, 0.29) is 12.3 Å². The van der Waals surface area contributed by atoms with Gasteiger partial charge in [-0.05, 0) is 18.6 Å². The summed E-state index contributed by atoms with van der Waals surface area (Å²) >= 11 is 0. The van der Waals surface area contributed by atoms with Crippen LogP contribution in [-0.2, 0) is 4.79 Å². The molecule has 0 spiro atoms. The van der Waals surface area contributed by atoms with Gasteiger partial charge >= 0.3 is 5.97 Å². The van der Waals surface area contributed by atoms with Crippen molar-refractivity contribution in [3.05, 3.63) is 59.5 Å². The molecule has 2 N–H and O–H groups in total. The Kier molecular flexibility index (Phi) is 4.20. The summed E-state index contributed by atoms with van der Waals surface area (Å²) < 4.78 is 5.08. The molecule has 1 amide bonds. The number of hydrogen-bond acceptors (Lipinski definition) is 3. The van der Waals surface area contributed by atoms with Crippen molar-refractivity contribution in [1.29, 1.82) is 0 Å². The third kappa shape index (κ3) is 3.26. The minimum Gasteiger partial charge on any atom is -0.481 e. The Hall–Kier alpha value is -2.56. The van der Waals surface area contributed by atoms with Crippen LogP contribution in [0.2, 0.25) is 0 Å². The first kappa shape index (κ1) is 13.9. The highest BCUT2D eigenvalue weighted by molar-refractivity contribution is 5.95. The highest BCUT2D eigenvalue weighted by Gasteiger charge is 2.20. The van der Waals surface area contributed by atoms with E-state index in [0.29, 0.717) is 11.3 Å². The lowest BCUT2D eigenvalue weighted by molar-refractivity contribution is -0.137. The highest BCUT2D eigenvalue weighted by Crippen LogP contribution is 2.18. The number of hydrogen-bond donors (Lipinski definition) is 2. The van der Waals surface area contributed by atoms with Gasteiger partial charge in [-0.15, -0.1) is 0 Å². The van der Waals surface area contributed by atoms with E-state index in [1.54, 1.807) is 37.3 Å². The average molecular weight is 273 g/mol. The lowest BCUT2D eigenvalue weighted by Crippen LogP contribution is -2.30. The van der Waals surface area contributed by atoms with Crippen molar-refractivity contribution in [2.45, 2.75) is 19.4 Å². The van der Waals surface area contributed by atoms with Gasteiger partial charge in [0, 0.05) is 0 Å². The molecule has 5 nitrogen and oxygen atoms in total. The number of carbonyl (C=O) groups is 2. The zero-order valence-corrected chi connectivity index (χ0v) is 11.0. The molecule has 5 heteroatoms. The zero-order valence-electron chi connectivity index (χ0n) is 11.0. The minimum atomic E-state index is -0.969. The third-order valence-electron chi connectivity index (χ3n) is 2.99. The number of benzene rings is 1. The Morgan fingerprint density at radius 1 is 1.25 bits per heavy atom. The van der Waals surface area contributed by atoms with Crippen LogP contribution in [0.5, 0.6) is 0 Å². The van der Waals surface area contributed by atoms with E-state index in [1.165, 1.54) is 6.26 Å². The van der Waals surface area contributed by atoms with Crippen molar-refractivity contribution >= 4 is 11.9 Å². The summed E-state index contributed by atoms with van der Waals surface area (Å²) in [5.74, 6) is -0.806. The van der Waals surface area contributed by atoms with Crippen molar-refractivity contribution in [3.63, 3.8) is 0 Å². The number of carboxylic acids is 1. The molecule has 2 aromatic rings. The van der Waals surface area contributed by atoms with E-state index < -0.39 is 12.0 Å². The maximum Gasteiger partial charge on any atom is 0.305 e. The highest BCUT2D eigenvalue weighted by atomic mass is 16.4. The first-order valence-electron chi connectivity index (χ1n) is 6.19. The summed E-state index contributed by atoms with van der Waals surface area (Å²) in [5.41, 5.74) is 1.17. The van der Waals surface area contributed by atoms with Crippen molar-refractivity contribution in [2.24, 2.45) is 0 Å². The first-order chi connectivity index (χ1) is 9.58. The smallest absolute Gasteiger partial charge is 0.305 e. The Morgan fingerprint density at radius 2 is 1.95 bits per heavy atom. The standard InChI is InChI=1S/C15H15NO4/c1-10-12(7-8-20-10)15(19)16-13(9-14(17)18)11-5-3-2-4-6-11/h2-8,13H,9H2,1H3,(H,16,19)(H,17,18)/t13-/m0/s1. The summed E-state index contributed by atoms with van der Waals surface area (Å²) in [6.45, 7) is 1.68. The Morgan fingerprint density at radius 3 is 2.50 bits per heavy atom. The second kappa shape index (κ2) is 6.06. The molecule has 0 unspecified atom stereocenters. The van der Waals surface area contributed by atoms with Gasteiger partial charge in [0.1, 0.15) is 5.76 Å². The molecule has 0 aliphatic rings. The zero-order chi connectivity index (χ0) is 14.5. The van der Waals surface area contributed by atoms with E-state index >= 15 is 0 Å². The number of carbonyl (C=O) groups excluding carboxylic acids is 1. The molecule has 2 rings (SSSR count). The van der Waals surface area contributed by atoms with Crippen molar-refractivity contribution in [3.8, 4) is 0 Å². The van der Waals surface area contributed by atoms with Crippen molar-refractivity contribution in [2.75, 3.05) is 0 Å². The van der Waals surface area contributed by atoms with Crippen LogP contribution in [0.3, 0.4) is 0 Å². The summed E-state index contributed by atoms with van der Waals surface area (Å²) in [4.78, 5) is 23.1. The minimum absolute atomic E-state index is 0.174. The largest absolute Gasteiger partial charge is 0.481 e.